The summed E-state index contributed by atoms with van der Waals surface area (Å²) in [7, 11) is 0. The van der Waals surface area contributed by atoms with Crippen LogP contribution >= 0.6 is 0 Å². The Morgan fingerprint density at radius 3 is 2.19 bits per heavy atom. The molecule has 2 unspecified atom stereocenters. The standard InChI is InChI=1S/C16H33NO4/c1-2-3-8-19-10-12-21-13-11-20-9-7-16(14-17)6-4-5-15(16)18/h15,18H,2-14,17H2,1H3. The van der Waals surface area contributed by atoms with Gasteiger partial charge in [0.1, 0.15) is 0 Å². The van der Waals surface area contributed by atoms with Gasteiger partial charge in [0, 0.05) is 25.2 Å². The molecule has 1 fully saturated rings. The Balaban J connectivity index is 1.90. The van der Waals surface area contributed by atoms with Gasteiger partial charge in [-0.05, 0) is 25.7 Å². The van der Waals surface area contributed by atoms with E-state index in [9.17, 15) is 5.11 Å². The molecule has 1 rings (SSSR count). The van der Waals surface area contributed by atoms with E-state index in [0.717, 1.165) is 45.1 Å². The van der Waals surface area contributed by atoms with Gasteiger partial charge in [0.15, 0.2) is 0 Å². The second-order valence-electron chi connectivity index (χ2n) is 5.92. The summed E-state index contributed by atoms with van der Waals surface area (Å²) in [6.07, 6.45) is 5.80. The highest BCUT2D eigenvalue weighted by molar-refractivity contribution is 4.92. The molecule has 0 spiro atoms. The van der Waals surface area contributed by atoms with Gasteiger partial charge in [-0.1, -0.05) is 19.8 Å². The minimum atomic E-state index is -0.261. The van der Waals surface area contributed by atoms with E-state index in [4.69, 9.17) is 19.9 Å². The molecule has 1 aliphatic carbocycles. The summed E-state index contributed by atoms with van der Waals surface area (Å²) >= 11 is 0. The molecule has 5 heteroatoms. The summed E-state index contributed by atoms with van der Waals surface area (Å²) in [6.45, 7) is 6.62. The predicted molar refractivity (Wildman–Crippen MR) is 83.3 cm³/mol. The lowest BCUT2D eigenvalue weighted by molar-refractivity contribution is -0.00600. The largest absolute Gasteiger partial charge is 0.392 e. The zero-order valence-corrected chi connectivity index (χ0v) is 13.5. The quantitative estimate of drug-likeness (QED) is 0.507. The van der Waals surface area contributed by atoms with E-state index >= 15 is 0 Å². The fourth-order valence-corrected chi connectivity index (χ4v) is 2.82. The van der Waals surface area contributed by atoms with Crippen molar-refractivity contribution < 1.29 is 19.3 Å². The Labute approximate surface area is 129 Å². The molecule has 2 atom stereocenters. The molecule has 1 saturated carbocycles. The molecule has 126 valence electrons. The minimum Gasteiger partial charge on any atom is -0.392 e. The molecule has 0 saturated heterocycles. The van der Waals surface area contributed by atoms with E-state index in [0.29, 0.717) is 39.6 Å². The number of rotatable bonds is 13. The van der Waals surface area contributed by atoms with Crippen LogP contribution in [-0.4, -0.2) is 57.4 Å². The Kier molecular flexibility index (Phi) is 10.2. The number of aliphatic hydroxyl groups excluding tert-OH is 1. The molecule has 0 heterocycles. The molecule has 0 aromatic heterocycles. The number of hydrogen-bond donors (Lipinski definition) is 2. The lowest BCUT2D eigenvalue weighted by Gasteiger charge is -2.31. The van der Waals surface area contributed by atoms with Crippen LogP contribution < -0.4 is 5.73 Å². The molecule has 0 radical (unpaired) electrons. The van der Waals surface area contributed by atoms with Crippen molar-refractivity contribution in [2.75, 3.05) is 46.2 Å². The molecule has 0 bridgehead atoms. The molecule has 1 aliphatic rings. The van der Waals surface area contributed by atoms with Gasteiger partial charge >= 0.3 is 0 Å². The first-order valence-corrected chi connectivity index (χ1v) is 8.36. The summed E-state index contributed by atoms with van der Waals surface area (Å²) in [5.41, 5.74) is 5.72. The van der Waals surface area contributed by atoms with Crippen LogP contribution in [0.1, 0.15) is 45.4 Å². The second kappa shape index (κ2) is 11.4. The SMILES string of the molecule is CCCCOCCOCCOCCC1(CN)CCCC1O. The predicted octanol–water partition coefficient (Wildman–Crippen LogP) is 1.72. The maximum absolute atomic E-state index is 10.0. The Morgan fingerprint density at radius 2 is 1.67 bits per heavy atom. The number of aliphatic hydroxyl groups is 1. The van der Waals surface area contributed by atoms with E-state index in [2.05, 4.69) is 6.92 Å². The third kappa shape index (κ3) is 7.06. The third-order valence-electron chi connectivity index (χ3n) is 4.40. The van der Waals surface area contributed by atoms with Crippen LogP contribution in [0.4, 0.5) is 0 Å². The monoisotopic (exact) mass is 303 g/mol. The van der Waals surface area contributed by atoms with E-state index < -0.39 is 0 Å². The van der Waals surface area contributed by atoms with Gasteiger partial charge in [0.05, 0.1) is 32.5 Å². The lowest BCUT2D eigenvalue weighted by atomic mass is 9.81. The van der Waals surface area contributed by atoms with Crippen molar-refractivity contribution in [1.29, 1.82) is 0 Å². The van der Waals surface area contributed by atoms with E-state index in [1.165, 1.54) is 0 Å². The maximum Gasteiger partial charge on any atom is 0.0701 e. The van der Waals surface area contributed by atoms with Crippen LogP contribution in [0.2, 0.25) is 0 Å². The first-order chi connectivity index (χ1) is 10.2. The van der Waals surface area contributed by atoms with Crippen molar-refractivity contribution in [1.82, 2.24) is 0 Å². The van der Waals surface area contributed by atoms with Crippen LogP contribution in [0.15, 0.2) is 0 Å². The topological polar surface area (TPSA) is 73.9 Å². The Morgan fingerprint density at radius 1 is 1.05 bits per heavy atom. The summed E-state index contributed by atoms with van der Waals surface area (Å²) in [6, 6.07) is 0. The fourth-order valence-electron chi connectivity index (χ4n) is 2.82. The van der Waals surface area contributed by atoms with Gasteiger partial charge in [-0.25, -0.2) is 0 Å². The Hall–Kier alpha value is -0.200. The van der Waals surface area contributed by atoms with E-state index in [1.807, 2.05) is 0 Å². The van der Waals surface area contributed by atoms with E-state index in [-0.39, 0.29) is 11.5 Å². The van der Waals surface area contributed by atoms with Gasteiger partial charge in [0.25, 0.3) is 0 Å². The van der Waals surface area contributed by atoms with Crippen LogP contribution in [0.25, 0.3) is 0 Å². The third-order valence-corrected chi connectivity index (χ3v) is 4.40. The van der Waals surface area contributed by atoms with Crippen molar-refractivity contribution in [2.24, 2.45) is 11.1 Å². The zero-order valence-electron chi connectivity index (χ0n) is 13.5. The molecule has 0 aromatic carbocycles. The zero-order chi connectivity index (χ0) is 15.4. The van der Waals surface area contributed by atoms with E-state index in [1.54, 1.807) is 0 Å². The van der Waals surface area contributed by atoms with Gasteiger partial charge in [-0.3, -0.25) is 0 Å². The molecule has 21 heavy (non-hydrogen) atoms. The molecular formula is C16H33NO4. The van der Waals surface area contributed by atoms with Gasteiger partial charge < -0.3 is 25.1 Å². The molecule has 0 amide bonds. The fraction of sp³-hybridized carbons (Fsp3) is 1.00. The number of unbranched alkanes of at least 4 members (excludes halogenated alkanes) is 1. The van der Waals surface area contributed by atoms with Gasteiger partial charge in [0.2, 0.25) is 0 Å². The van der Waals surface area contributed by atoms with Gasteiger partial charge in [-0.15, -0.1) is 0 Å². The smallest absolute Gasteiger partial charge is 0.0701 e. The minimum absolute atomic E-state index is 0.117. The highest BCUT2D eigenvalue weighted by Gasteiger charge is 2.40. The Bertz CT molecular complexity index is 252. The first kappa shape index (κ1) is 18.8. The van der Waals surface area contributed by atoms with Crippen molar-refractivity contribution in [3.63, 3.8) is 0 Å². The average molecular weight is 303 g/mol. The van der Waals surface area contributed by atoms with Gasteiger partial charge in [-0.2, -0.15) is 0 Å². The molecule has 0 aliphatic heterocycles. The first-order valence-electron chi connectivity index (χ1n) is 8.36. The average Bonchev–Trinajstić information content (AvgIpc) is 2.86. The number of nitrogens with two attached hydrogens (primary N) is 1. The molecule has 5 nitrogen and oxygen atoms in total. The summed E-state index contributed by atoms with van der Waals surface area (Å²) < 4.78 is 16.4. The highest BCUT2D eigenvalue weighted by Crippen LogP contribution is 2.40. The normalized spacial score (nSPS) is 25.6. The van der Waals surface area contributed by atoms with Crippen LogP contribution in [-0.2, 0) is 14.2 Å². The van der Waals surface area contributed by atoms with Crippen molar-refractivity contribution >= 4 is 0 Å². The van der Waals surface area contributed by atoms with Crippen molar-refractivity contribution in [2.45, 2.75) is 51.6 Å². The lowest BCUT2D eigenvalue weighted by Crippen LogP contribution is -2.38. The maximum atomic E-state index is 10.0. The molecule has 0 aromatic rings. The summed E-state index contributed by atoms with van der Waals surface area (Å²) in [5, 5.41) is 10.0. The highest BCUT2D eigenvalue weighted by atomic mass is 16.5. The van der Waals surface area contributed by atoms with Crippen molar-refractivity contribution in [3.8, 4) is 0 Å². The summed E-state index contributed by atoms with van der Waals surface area (Å²) in [5.74, 6) is 0. The van der Waals surface area contributed by atoms with Crippen LogP contribution in [0, 0.1) is 5.41 Å². The summed E-state index contributed by atoms with van der Waals surface area (Å²) in [4.78, 5) is 0. The van der Waals surface area contributed by atoms with Crippen LogP contribution in [0.3, 0.4) is 0 Å². The molecule has 3 N–H and O–H groups in total. The number of hydrogen-bond acceptors (Lipinski definition) is 5. The molecular weight excluding hydrogens is 270 g/mol. The van der Waals surface area contributed by atoms with Crippen molar-refractivity contribution in [3.05, 3.63) is 0 Å². The number of ether oxygens (including phenoxy) is 3. The second-order valence-corrected chi connectivity index (χ2v) is 5.92. The van der Waals surface area contributed by atoms with Crippen LogP contribution in [0.5, 0.6) is 0 Å².